The number of halogens is 1. The number of amides is 1. The number of hydrogen-bond donors (Lipinski definition) is 1. The van der Waals surface area contributed by atoms with Crippen molar-refractivity contribution in [3.63, 3.8) is 0 Å². The Bertz CT molecular complexity index is 1020. The summed E-state index contributed by atoms with van der Waals surface area (Å²) in [6.45, 7) is 2.15. The van der Waals surface area contributed by atoms with Gasteiger partial charge in [-0.2, -0.15) is 0 Å². The van der Waals surface area contributed by atoms with Crippen molar-refractivity contribution in [2.24, 2.45) is 0 Å². The van der Waals surface area contributed by atoms with E-state index in [2.05, 4.69) is 10.5 Å². The number of hydrogen-bond acceptors (Lipinski definition) is 6. The molecule has 0 saturated carbocycles. The molecule has 7 nitrogen and oxygen atoms in total. The van der Waals surface area contributed by atoms with Crippen molar-refractivity contribution in [3.05, 3.63) is 58.7 Å². The number of aryl methyl sites for hydroxylation is 1. The van der Waals surface area contributed by atoms with Crippen molar-refractivity contribution in [2.75, 3.05) is 18.7 Å². The average Bonchev–Trinajstić information content (AvgIpc) is 3.32. The van der Waals surface area contributed by atoms with Gasteiger partial charge in [0, 0.05) is 11.6 Å². The SMILES string of the molecule is Cc1ccc(NC(=O)COCc2cc(-c3ccc4c(c3)OCO4)on2)c(Cl)c1. The lowest BCUT2D eigenvalue weighted by molar-refractivity contribution is -0.121. The van der Waals surface area contributed by atoms with Gasteiger partial charge in [-0.1, -0.05) is 22.8 Å². The summed E-state index contributed by atoms with van der Waals surface area (Å²) in [5.74, 6) is 1.64. The molecule has 28 heavy (non-hydrogen) atoms. The fourth-order valence-electron chi connectivity index (χ4n) is 2.72. The highest BCUT2D eigenvalue weighted by Crippen LogP contribution is 2.36. The molecule has 0 bridgehead atoms. The molecule has 4 rings (SSSR count). The summed E-state index contributed by atoms with van der Waals surface area (Å²) in [4.78, 5) is 12.0. The number of rotatable bonds is 6. The molecule has 0 atom stereocenters. The quantitative estimate of drug-likeness (QED) is 0.668. The van der Waals surface area contributed by atoms with Gasteiger partial charge in [0.1, 0.15) is 12.3 Å². The number of nitrogens with zero attached hydrogens (tertiary/aromatic N) is 1. The Hall–Kier alpha value is -3.03. The molecule has 8 heteroatoms. The van der Waals surface area contributed by atoms with Crippen LogP contribution in [0.15, 0.2) is 47.0 Å². The fraction of sp³-hybridized carbons (Fsp3) is 0.200. The second-order valence-electron chi connectivity index (χ2n) is 6.27. The van der Waals surface area contributed by atoms with Crippen LogP contribution >= 0.6 is 11.6 Å². The van der Waals surface area contributed by atoms with E-state index in [0.29, 0.717) is 33.7 Å². The summed E-state index contributed by atoms with van der Waals surface area (Å²) >= 11 is 6.11. The average molecular weight is 401 g/mol. The highest BCUT2D eigenvalue weighted by atomic mass is 35.5. The van der Waals surface area contributed by atoms with E-state index in [0.717, 1.165) is 11.1 Å². The second kappa shape index (κ2) is 7.92. The van der Waals surface area contributed by atoms with Crippen LogP contribution < -0.4 is 14.8 Å². The van der Waals surface area contributed by atoms with Crippen LogP contribution in [0.3, 0.4) is 0 Å². The van der Waals surface area contributed by atoms with Gasteiger partial charge in [0.15, 0.2) is 17.3 Å². The van der Waals surface area contributed by atoms with Gasteiger partial charge in [0.25, 0.3) is 0 Å². The van der Waals surface area contributed by atoms with Crippen LogP contribution in [0.5, 0.6) is 11.5 Å². The molecule has 1 amide bonds. The van der Waals surface area contributed by atoms with Crippen molar-refractivity contribution in [1.82, 2.24) is 5.16 Å². The van der Waals surface area contributed by atoms with Crippen molar-refractivity contribution in [1.29, 1.82) is 0 Å². The number of ether oxygens (including phenoxy) is 3. The van der Waals surface area contributed by atoms with Crippen molar-refractivity contribution < 1.29 is 23.5 Å². The highest BCUT2D eigenvalue weighted by molar-refractivity contribution is 6.33. The molecule has 3 aromatic rings. The van der Waals surface area contributed by atoms with Gasteiger partial charge in [-0.15, -0.1) is 0 Å². The monoisotopic (exact) mass is 400 g/mol. The lowest BCUT2D eigenvalue weighted by atomic mass is 10.1. The third kappa shape index (κ3) is 4.11. The maximum absolute atomic E-state index is 12.0. The summed E-state index contributed by atoms with van der Waals surface area (Å²) < 4.78 is 21.4. The Labute approximate surface area is 166 Å². The van der Waals surface area contributed by atoms with Gasteiger partial charge >= 0.3 is 0 Å². The van der Waals surface area contributed by atoms with E-state index in [1.54, 1.807) is 18.2 Å². The molecule has 0 unspecified atom stereocenters. The zero-order valence-electron chi connectivity index (χ0n) is 15.0. The van der Waals surface area contributed by atoms with Crippen LogP contribution in [-0.2, 0) is 16.1 Å². The molecule has 1 N–H and O–H groups in total. The Morgan fingerprint density at radius 1 is 1.18 bits per heavy atom. The predicted molar refractivity (Wildman–Crippen MR) is 103 cm³/mol. The van der Waals surface area contributed by atoms with Gasteiger partial charge in [-0.3, -0.25) is 4.79 Å². The Morgan fingerprint density at radius 2 is 2.04 bits per heavy atom. The largest absolute Gasteiger partial charge is 0.454 e. The summed E-state index contributed by atoms with van der Waals surface area (Å²) in [7, 11) is 0. The lowest BCUT2D eigenvalue weighted by Crippen LogP contribution is -2.18. The number of aromatic nitrogens is 1. The van der Waals surface area contributed by atoms with Gasteiger partial charge in [-0.25, -0.2) is 0 Å². The summed E-state index contributed by atoms with van der Waals surface area (Å²) in [6.07, 6.45) is 0. The van der Waals surface area contributed by atoms with E-state index < -0.39 is 0 Å². The first kappa shape index (κ1) is 18.3. The number of fused-ring (bicyclic) bond motifs is 1. The fourth-order valence-corrected chi connectivity index (χ4v) is 3.00. The molecule has 1 aliphatic rings. The zero-order chi connectivity index (χ0) is 19.5. The molecule has 2 heterocycles. The molecule has 1 aliphatic heterocycles. The normalized spacial score (nSPS) is 12.2. The van der Waals surface area contributed by atoms with E-state index in [1.165, 1.54) is 0 Å². The first-order chi connectivity index (χ1) is 13.6. The predicted octanol–water partition coefficient (Wildman–Crippen LogP) is 4.19. The van der Waals surface area contributed by atoms with Crippen LogP contribution in [0.1, 0.15) is 11.3 Å². The molecular weight excluding hydrogens is 384 g/mol. The molecule has 0 fully saturated rings. The molecule has 1 aromatic heterocycles. The smallest absolute Gasteiger partial charge is 0.250 e. The molecular formula is C20H17ClN2O5. The van der Waals surface area contributed by atoms with Crippen molar-refractivity contribution in [2.45, 2.75) is 13.5 Å². The zero-order valence-corrected chi connectivity index (χ0v) is 15.8. The van der Waals surface area contributed by atoms with Crippen LogP contribution in [-0.4, -0.2) is 24.5 Å². The number of carbonyl (C=O) groups excluding carboxylic acids is 1. The van der Waals surface area contributed by atoms with Crippen LogP contribution in [0.2, 0.25) is 5.02 Å². The van der Waals surface area contributed by atoms with Gasteiger partial charge < -0.3 is 24.1 Å². The number of carbonyl (C=O) groups is 1. The molecule has 144 valence electrons. The second-order valence-corrected chi connectivity index (χ2v) is 6.68. The molecule has 0 saturated heterocycles. The van der Waals surface area contributed by atoms with Crippen LogP contribution in [0, 0.1) is 6.92 Å². The molecule has 0 aliphatic carbocycles. The minimum absolute atomic E-state index is 0.129. The van der Waals surface area contributed by atoms with E-state index in [9.17, 15) is 4.79 Å². The van der Waals surface area contributed by atoms with Crippen LogP contribution in [0.4, 0.5) is 5.69 Å². The van der Waals surface area contributed by atoms with E-state index in [-0.39, 0.29) is 25.9 Å². The number of nitrogens with one attached hydrogen (secondary N) is 1. The Morgan fingerprint density at radius 3 is 2.89 bits per heavy atom. The maximum atomic E-state index is 12.0. The number of anilines is 1. The minimum Gasteiger partial charge on any atom is -0.454 e. The Balaban J connectivity index is 1.30. The first-order valence-corrected chi connectivity index (χ1v) is 8.95. The number of benzene rings is 2. The topological polar surface area (TPSA) is 82.8 Å². The third-order valence-corrected chi connectivity index (χ3v) is 4.41. The van der Waals surface area contributed by atoms with E-state index in [4.69, 9.17) is 30.3 Å². The molecule has 0 spiro atoms. The van der Waals surface area contributed by atoms with E-state index in [1.807, 2.05) is 31.2 Å². The summed E-state index contributed by atoms with van der Waals surface area (Å²) in [5, 5.41) is 7.16. The van der Waals surface area contributed by atoms with Crippen LogP contribution in [0.25, 0.3) is 11.3 Å². The molecule has 0 radical (unpaired) electrons. The standard InChI is InChI=1S/C20H17ClN2O5/c1-12-2-4-16(15(21)6-12)22-20(24)10-25-9-14-8-18(28-23-14)13-3-5-17-19(7-13)27-11-26-17/h2-8H,9-11H2,1H3,(H,22,24). The third-order valence-electron chi connectivity index (χ3n) is 4.10. The van der Waals surface area contributed by atoms with Gasteiger partial charge in [0.05, 0.1) is 17.3 Å². The summed E-state index contributed by atoms with van der Waals surface area (Å²) in [5.41, 5.74) is 2.96. The maximum Gasteiger partial charge on any atom is 0.250 e. The summed E-state index contributed by atoms with van der Waals surface area (Å²) in [6, 6.07) is 12.7. The van der Waals surface area contributed by atoms with Gasteiger partial charge in [-0.05, 0) is 42.8 Å². The Kier molecular flexibility index (Phi) is 5.18. The lowest BCUT2D eigenvalue weighted by Gasteiger charge is -2.07. The first-order valence-electron chi connectivity index (χ1n) is 8.58. The van der Waals surface area contributed by atoms with Crippen molar-refractivity contribution in [3.8, 4) is 22.8 Å². The van der Waals surface area contributed by atoms with E-state index >= 15 is 0 Å². The highest BCUT2D eigenvalue weighted by Gasteiger charge is 2.16. The van der Waals surface area contributed by atoms with Crippen molar-refractivity contribution >= 4 is 23.2 Å². The minimum atomic E-state index is -0.301. The molecule has 2 aromatic carbocycles. The van der Waals surface area contributed by atoms with Gasteiger partial charge in [0.2, 0.25) is 12.7 Å².